The number of esters is 1. The van der Waals surface area contributed by atoms with Gasteiger partial charge in [-0.15, -0.1) is 0 Å². The van der Waals surface area contributed by atoms with Gasteiger partial charge in [-0.3, -0.25) is 4.79 Å². The van der Waals surface area contributed by atoms with Crippen LogP contribution in [0.15, 0.2) is 50.8 Å². The highest BCUT2D eigenvalue weighted by molar-refractivity contribution is 9.10. The van der Waals surface area contributed by atoms with E-state index >= 15 is 0 Å². The molecule has 9 heteroatoms. The van der Waals surface area contributed by atoms with Crippen molar-refractivity contribution in [2.75, 3.05) is 13.7 Å². The number of aryl methyl sites for hydroxylation is 1. The Morgan fingerprint density at radius 2 is 2.00 bits per heavy atom. The van der Waals surface area contributed by atoms with Crippen LogP contribution in [0, 0.1) is 0 Å². The highest BCUT2D eigenvalue weighted by Crippen LogP contribution is 2.27. The number of fused-ring (bicyclic) bond motifs is 1. The number of methoxy groups -OCH3 is 1. The fraction of sp³-hybridized carbons (Fsp3) is 0.304. The van der Waals surface area contributed by atoms with Gasteiger partial charge in [0, 0.05) is 10.9 Å². The molecule has 0 N–H and O–H groups in total. The molecule has 0 unspecified atom stereocenters. The number of benzene rings is 2. The van der Waals surface area contributed by atoms with Crippen molar-refractivity contribution in [1.82, 2.24) is 9.66 Å². The van der Waals surface area contributed by atoms with Gasteiger partial charge in [-0.05, 0) is 55.8 Å². The number of halogens is 1. The van der Waals surface area contributed by atoms with Gasteiger partial charge in [0.15, 0.2) is 18.1 Å². The molecule has 0 bridgehead atoms. The third kappa shape index (κ3) is 5.53. The molecule has 0 amide bonds. The molecule has 8 nitrogen and oxygen atoms in total. The van der Waals surface area contributed by atoms with Gasteiger partial charge in [0.2, 0.25) is 0 Å². The van der Waals surface area contributed by atoms with Crippen LogP contribution in [0.5, 0.6) is 11.5 Å². The van der Waals surface area contributed by atoms with Gasteiger partial charge >= 0.3 is 5.97 Å². The first-order chi connectivity index (χ1) is 15.3. The number of carbonyl (C=O) groups excluding carboxylic acids is 1. The van der Waals surface area contributed by atoms with Crippen molar-refractivity contribution in [1.29, 1.82) is 0 Å². The quantitative estimate of drug-likeness (QED) is 0.342. The molecule has 0 atom stereocenters. The Kier molecular flexibility index (Phi) is 7.63. The molecule has 1 aromatic heterocycles. The van der Waals surface area contributed by atoms with Crippen LogP contribution >= 0.6 is 15.9 Å². The molecule has 0 radical (unpaired) electrons. The van der Waals surface area contributed by atoms with Crippen LogP contribution in [0.1, 0.15) is 32.2 Å². The van der Waals surface area contributed by atoms with E-state index in [9.17, 15) is 9.59 Å². The van der Waals surface area contributed by atoms with Crippen LogP contribution in [0.25, 0.3) is 10.9 Å². The van der Waals surface area contributed by atoms with E-state index in [4.69, 9.17) is 14.2 Å². The van der Waals surface area contributed by atoms with Gasteiger partial charge in [0.05, 0.1) is 30.3 Å². The molecule has 0 fully saturated rings. The van der Waals surface area contributed by atoms with E-state index < -0.39 is 5.97 Å². The van der Waals surface area contributed by atoms with Gasteiger partial charge in [-0.25, -0.2) is 9.78 Å². The maximum atomic E-state index is 13.0. The zero-order chi connectivity index (χ0) is 23.3. The maximum Gasteiger partial charge on any atom is 0.344 e. The van der Waals surface area contributed by atoms with Crippen LogP contribution in [0.4, 0.5) is 0 Å². The smallest absolute Gasteiger partial charge is 0.344 e. The minimum Gasteiger partial charge on any atom is -0.493 e. The lowest BCUT2D eigenvalue weighted by Gasteiger charge is -2.12. The predicted molar refractivity (Wildman–Crippen MR) is 126 cm³/mol. The zero-order valence-corrected chi connectivity index (χ0v) is 19.9. The van der Waals surface area contributed by atoms with Crippen LogP contribution in [0.3, 0.4) is 0 Å². The highest BCUT2D eigenvalue weighted by atomic mass is 79.9. The van der Waals surface area contributed by atoms with E-state index in [-0.39, 0.29) is 18.3 Å². The molecule has 1 heterocycles. The van der Waals surface area contributed by atoms with Crippen molar-refractivity contribution in [3.05, 3.63) is 62.6 Å². The second-order valence-corrected chi connectivity index (χ2v) is 8.06. The number of hydrogen-bond donors (Lipinski definition) is 0. The molecule has 32 heavy (non-hydrogen) atoms. The van der Waals surface area contributed by atoms with E-state index in [1.54, 1.807) is 50.4 Å². The van der Waals surface area contributed by atoms with E-state index in [2.05, 4.69) is 26.0 Å². The van der Waals surface area contributed by atoms with Gasteiger partial charge in [-0.1, -0.05) is 22.9 Å². The lowest BCUT2D eigenvalue weighted by atomic mass is 10.2. The summed E-state index contributed by atoms with van der Waals surface area (Å²) in [5, 5.41) is 4.84. The Morgan fingerprint density at radius 3 is 2.69 bits per heavy atom. The average Bonchev–Trinajstić information content (AvgIpc) is 2.77. The molecule has 0 saturated heterocycles. The third-order valence-electron chi connectivity index (χ3n) is 4.41. The molecule has 3 rings (SSSR count). The molecule has 3 aromatic rings. The Morgan fingerprint density at radius 1 is 1.22 bits per heavy atom. The largest absolute Gasteiger partial charge is 0.493 e. The molecular weight excluding hydrogens is 478 g/mol. The topological polar surface area (TPSA) is 92.0 Å². The first-order valence-corrected chi connectivity index (χ1v) is 10.9. The lowest BCUT2D eigenvalue weighted by Crippen LogP contribution is -2.22. The van der Waals surface area contributed by atoms with Crippen molar-refractivity contribution in [2.24, 2.45) is 5.10 Å². The van der Waals surface area contributed by atoms with Crippen molar-refractivity contribution < 1.29 is 19.0 Å². The fourth-order valence-electron chi connectivity index (χ4n) is 2.98. The van der Waals surface area contributed by atoms with Gasteiger partial charge < -0.3 is 14.2 Å². The minimum absolute atomic E-state index is 0.214. The molecule has 2 aromatic carbocycles. The second kappa shape index (κ2) is 10.4. The first kappa shape index (κ1) is 23.5. The number of carbonyl (C=O) groups is 1. The van der Waals surface area contributed by atoms with Crippen LogP contribution in [0.2, 0.25) is 0 Å². The monoisotopic (exact) mass is 501 g/mol. The van der Waals surface area contributed by atoms with Crippen molar-refractivity contribution in [2.45, 2.75) is 33.3 Å². The summed E-state index contributed by atoms with van der Waals surface area (Å²) in [6.07, 6.45) is 1.88. The molecule has 0 aliphatic heterocycles. The van der Waals surface area contributed by atoms with E-state index in [0.29, 0.717) is 40.2 Å². The molecule has 0 saturated carbocycles. The summed E-state index contributed by atoms with van der Waals surface area (Å²) >= 11 is 3.39. The van der Waals surface area contributed by atoms with E-state index in [0.717, 1.165) is 4.47 Å². The predicted octanol–water partition coefficient (Wildman–Crippen LogP) is 3.94. The summed E-state index contributed by atoms with van der Waals surface area (Å²) in [6.45, 7) is 5.23. The molecule has 0 aliphatic rings. The Labute approximate surface area is 194 Å². The SMILES string of the molecule is CCc1nc2ccc(Br)cc2c(=O)n1N=Cc1ccc(OCC(=O)OC(C)C)c(OC)c1. The average molecular weight is 502 g/mol. The fourth-order valence-corrected chi connectivity index (χ4v) is 3.35. The lowest BCUT2D eigenvalue weighted by molar-refractivity contribution is -0.149. The second-order valence-electron chi connectivity index (χ2n) is 7.14. The highest BCUT2D eigenvalue weighted by Gasteiger charge is 2.12. The summed E-state index contributed by atoms with van der Waals surface area (Å²) < 4.78 is 18.0. The summed E-state index contributed by atoms with van der Waals surface area (Å²) in [4.78, 5) is 29.2. The third-order valence-corrected chi connectivity index (χ3v) is 4.91. The Balaban J connectivity index is 1.88. The number of hydrogen-bond acceptors (Lipinski definition) is 7. The van der Waals surface area contributed by atoms with E-state index in [1.807, 2.05) is 13.0 Å². The van der Waals surface area contributed by atoms with Crippen LogP contribution in [-0.2, 0) is 16.0 Å². The van der Waals surface area contributed by atoms with Crippen LogP contribution < -0.4 is 15.0 Å². The number of nitrogens with zero attached hydrogens (tertiary/aromatic N) is 3. The van der Waals surface area contributed by atoms with Crippen molar-refractivity contribution in [3.8, 4) is 11.5 Å². The summed E-state index contributed by atoms with van der Waals surface area (Å²) in [7, 11) is 1.50. The summed E-state index contributed by atoms with van der Waals surface area (Å²) in [5.74, 6) is 0.912. The standard InChI is InChI=1S/C23H24BrN3O5/c1-5-21-26-18-8-7-16(24)11-17(18)23(29)27(21)25-12-15-6-9-19(20(10-15)30-4)31-13-22(28)32-14(2)3/h6-12,14H,5,13H2,1-4H3. The molecule has 168 valence electrons. The minimum atomic E-state index is -0.463. The van der Waals surface area contributed by atoms with Gasteiger partial charge in [0.25, 0.3) is 5.56 Å². The molecule has 0 aliphatic carbocycles. The Bertz CT molecular complexity index is 1220. The summed E-state index contributed by atoms with van der Waals surface area (Å²) in [5.41, 5.74) is 1.06. The summed E-state index contributed by atoms with van der Waals surface area (Å²) in [6, 6.07) is 10.5. The van der Waals surface area contributed by atoms with Gasteiger partial charge in [-0.2, -0.15) is 9.78 Å². The number of ether oxygens (including phenoxy) is 3. The number of rotatable bonds is 8. The first-order valence-electron chi connectivity index (χ1n) is 10.1. The van der Waals surface area contributed by atoms with Crippen molar-refractivity contribution in [3.63, 3.8) is 0 Å². The number of aromatic nitrogens is 2. The normalized spacial score (nSPS) is 11.3. The molecular formula is C23H24BrN3O5. The van der Waals surface area contributed by atoms with Crippen molar-refractivity contribution >= 4 is 39.0 Å². The van der Waals surface area contributed by atoms with Gasteiger partial charge in [0.1, 0.15) is 5.82 Å². The zero-order valence-electron chi connectivity index (χ0n) is 18.3. The van der Waals surface area contributed by atoms with E-state index in [1.165, 1.54) is 11.8 Å². The van der Waals surface area contributed by atoms with Crippen LogP contribution in [-0.4, -0.2) is 41.7 Å². The molecule has 0 spiro atoms. The Hall–Kier alpha value is -3.20. The maximum absolute atomic E-state index is 13.0.